The zero-order valence-corrected chi connectivity index (χ0v) is 5.65. The fourth-order valence-corrected chi connectivity index (χ4v) is 0.895. The van der Waals surface area contributed by atoms with Crippen LogP contribution in [-0.2, 0) is 4.74 Å². The van der Waals surface area contributed by atoms with Crippen LogP contribution in [0.3, 0.4) is 0 Å². The van der Waals surface area contributed by atoms with Crippen LogP contribution in [0.25, 0.3) is 0 Å². The van der Waals surface area contributed by atoms with Gasteiger partial charge >= 0.3 is 6.09 Å². The Kier molecular flexibility index (Phi) is 1.63. The SMILES string of the molecule is C=C[C@H]1[C@@H](C)OC(=O)N1O. The van der Waals surface area contributed by atoms with Gasteiger partial charge in [0.15, 0.2) is 0 Å². The largest absolute Gasteiger partial charge is 0.442 e. The van der Waals surface area contributed by atoms with Gasteiger partial charge in [-0.3, -0.25) is 5.21 Å². The van der Waals surface area contributed by atoms with Crippen molar-refractivity contribution in [3.05, 3.63) is 12.7 Å². The Morgan fingerprint density at radius 3 is 2.70 bits per heavy atom. The first-order valence-electron chi connectivity index (χ1n) is 2.98. The number of carbonyl (C=O) groups is 1. The lowest BCUT2D eigenvalue weighted by Gasteiger charge is -2.10. The molecule has 2 atom stereocenters. The normalized spacial score (nSPS) is 32.2. The molecule has 1 N–H and O–H groups in total. The van der Waals surface area contributed by atoms with Gasteiger partial charge in [-0.15, -0.1) is 6.58 Å². The molecule has 4 nitrogen and oxygen atoms in total. The summed E-state index contributed by atoms with van der Waals surface area (Å²) in [7, 11) is 0. The molecule has 0 spiro atoms. The van der Waals surface area contributed by atoms with Crippen molar-refractivity contribution in [3.63, 3.8) is 0 Å². The minimum Gasteiger partial charge on any atom is -0.442 e. The molecule has 4 heteroatoms. The Bertz CT molecular complexity index is 168. The summed E-state index contributed by atoms with van der Waals surface area (Å²) in [5, 5.41) is 9.45. The van der Waals surface area contributed by atoms with E-state index in [2.05, 4.69) is 11.3 Å². The van der Waals surface area contributed by atoms with Gasteiger partial charge < -0.3 is 4.74 Å². The fourth-order valence-electron chi connectivity index (χ4n) is 0.895. The highest BCUT2D eigenvalue weighted by Gasteiger charge is 2.36. The quantitative estimate of drug-likeness (QED) is 0.435. The number of cyclic esters (lactones) is 1. The van der Waals surface area contributed by atoms with Crippen LogP contribution in [-0.4, -0.2) is 28.5 Å². The van der Waals surface area contributed by atoms with Crippen molar-refractivity contribution in [2.45, 2.75) is 19.1 Å². The molecule has 0 bridgehead atoms. The number of hydrogen-bond donors (Lipinski definition) is 1. The summed E-state index contributed by atoms with van der Waals surface area (Å²) in [5.74, 6) is 0. The molecule has 0 radical (unpaired) electrons. The van der Waals surface area contributed by atoms with E-state index in [-0.39, 0.29) is 6.10 Å². The summed E-state index contributed by atoms with van der Waals surface area (Å²) in [5.41, 5.74) is 0. The van der Waals surface area contributed by atoms with E-state index in [9.17, 15) is 4.79 Å². The first-order valence-corrected chi connectivity index (χ1v) is 2.98. The van der Waals surface area contributed by atoms with Crippen LogP contribution in [0.1, 0.15) is 6.92 Å². The van der Waals surface area contributed by atoms with Gasteiger partial charge in [0.25, 0.3) is 0 Å². The molecule has 1 aliphatic heterocycles. The van der Waals surface area contributed by atoms with E-state index >= 15 is 0 Å². The highest BCUT2D eigenvalue weighted by atomic mass is 16.7. The lowest BCUT2D eigenvalue weighted by atomic mass is 10.2. The summed E-state index contributed by atoms with van der Waals surface area (Å²) < 4.78 is 4.64. The molecule has 10 heavy (non-hydrogen) atoms. The first-order chi connectivity index (χ1) is 4.66. The van der Waals surface area contributed by atoms with Crippen molar-refractivity contribution in [2.75, 3.05) is 0 Å². The first kappa shape index (κ1) is 7.08. The monoisotopic (exact) mass is 143 g/mol. The minimum absolute atomic E-state index is 0.310. The summed E-state index contributed by atoms with van der Waals surface area (Å²) in [6.07, 6.45) is 0.447. The van der Waals surface area contributed by atoms with Crippen molar-refractivity contribution >= 4 is 6.09 Å². The van der Waals surface area contributed by atoms with Gasteiger partial charge in [0.1, 0.15) is 12.1 Å². The highest BCUT2D eigenvalue weighted by molar-refractivity contribution is 5.69. The van der Waals surface area contributed by atoms with Crippen LogP contribution >= 0.6 is 0 Å². The number of rotatable bonds is 1. The summed E-state index contributed by atoms with van der Waals surface area (Å²) in [6, 6.07) is -0.410. The number of nitrogens with zero attached hydrogens (tertiary/aromatic N) is 1. The molecule has 0 saturated carbocycles. The zero-order valence-electron chi connectivity index (χ0n) is 5.65. The Morgan fingerprint density at radius 1 is 1.90 bits per heavy atom. The lowest BCUT2D eigenvalue weighted by molar-refractivity contribution is -0.0499. The van der Waals surface area contributed by atoms with Crippen molar-refractivity contribution in [2.24, 2.45) is 0 Å². The Labute approximate surface area is 58.7 Å². The number of hydrogen-bond acceptors (Lipinski definition) is 3. The third-order valence-corrected chi connectivity index (χ3v) is 1.48. The molecule has 0 aliphatic carbocycles. The topological polar surface area (TPSA) is 49.8 Å². The van der Waals surface area contributed by atoms with E-state index in [1.807, 2.05) is 0 Å². The molecule has 0 aromatic rings. The van der Waals surface area contributed by atoms with Crippen LogP contribution in [0.4, 0.5) is 4.79 Å². The summed E-state index contributed by atoms with van der Waals surface area (Å²) in [4.78, 5) is 10.6. The maximum atomic E-state index is 10.6. The number of carbonyl (C=O) groups excluding carboxylic acids is 1. The molecule has 1 amide bonds. The molecule has 1 fully saturated rings. The highest BCUT2D eigenvalue weighted by Crippen LogP contribution is 2.16. The molecule has 0 unspecified atom stereocenters. The molecular weight excluding hydrogens is 134 g/mol. The van der Waals surface area contributed by atoms with Crippen LogP contribution in [0.5, 0.6) is 0 Å². The van der Waals surface area contributed by atoms with E-state index in [0.717, 1.165) is 0 Å². The smallest absolute Gasteiger partial charge is 0.434 e. The van der Waals surface area contributed by atoms with E-state index in [0.29, 0.717) is 5.06 Å². The second-order valence-electron chi connectivity index (χ2n) is 2.16. The predicted molar refractivity (Wildman–Crippen MR) is 33.6 cm³/mol. The van der Waals surface area contributed by atoms with E-state index < -0.39 is 12.1 Å². The van der Waals surface area contributed by atoms with Gasteiger partial charge in [0.05, 0.1) is 0 Å². The maximum absolute atomic E-state index is 10.6. The van der Waals surface area contributed by atoms with E-state index in [4.69, 9.17) is 5.21 Å². The summed E-state index contributed by atoms with van der Waals surface area (Å²) in [6.45, 7) is 5.14. The van der Waals surface area contributed by atoms with Crippen LogP contribution in [0.2, 0.25) is 0 Å². The predicted octanol–water partition coefficient (Wildman–Crippen LogP) is 0.771. The van der Waals surface area contributed by atoms with Gasteiger partial charge in [-0.1, -0.05) is 6.08 Å². The number of ether oxygens (including phenoxy) is 1. The van der Waals surface area contributed by atoms with Crippen LogP contribution in [0, 0.1) is 0 Å². The molecular formula is C6H9NO3. The van der Waals surface area contributed by atoms with Crippen molar-refractivity contribution in [3.8, 4) is 0 Å². The molecule has 1 saturated heterocycles. The summed E-state index contributed by atoms with van der Waals surface area (Å²) >= 11 is 0. The lowest BCUT2D eigenvalue weighted by Crippen LogP contribution is -2.30. The Morgan fingerprint density at radius 2 is 2.50 bits per heavy atom. The van der Waals surface area contributed by atoms with Crippen molar-refractivity contribution in [1.82, 2.24) is 5.06 Å². The van der Waals surface area contributed by atoms with Crippen LogP contribution < -0.4 is 0 Å². The van der Waals surface area contributed by atoms with Gasteiger partial charge in [-0.2, -0.15) is 5.06 Å². The van der Waals surface area contributed by atoms with Gasteiger partial charge in [-0.05, 0) is 6.92 Å². The van der Waals surface area contributed by atoms with Gasteiger partial charge in [0.2, 0.25) is 0 Å². The number of hydroxylamine groups is 2. The van der Waals surface area contributed by atoms with Gasteiger partial charge in [-0.25, -0.2) is 4.79 Å². The number of amides is 1. The Hall–Kier alpha value is -1.03. The third-order valence-electron chi connectivity index (χ3n) is 1.48. The van der Waals surface area contributed by atoms with Crippen LogP contribution in [0.15, 0.2) is 12.7 Å². The average molecular weight is 143 g/mol. The molecule has 1 rings (SSSR count). The second kappa shape index (κ2) is 2.30. The van der Waals surface area contributed by atoms with Crippen molar-refractivity contribution in [1.29, 1.82) is 0 Å². The molecule has 0 aromatic heterocycles. The van der Waals surface area contributed by atoms with E-state index in [1.54, 1.807) is 6.92 Å². The second-order valence-corrected chi connectivity index (χ2v) is 2.16. The Balaban J connectivity index is 2.73. The average Bonchev–Trinajstić information content (AvgIpc) is 2.09. The van der Waals surface area contributed by atoms with E-state index in [1.165, 1.54) is 6.08 Å². The van der Waals surface area contributed by atoms with Gasteiger partial charge in [0, 0.05) is 0 Å². The molecule has 56 valence electrons. The standard InChI is InChI=1S/C6H9NO3/c1-3-5-4(2)10-6(8)7(5)9/h3-5,9H,1H2,2H3/t4-,5+/m1/s1. The zero-order chi connectivity index (χ0) is 7.72. The van der Waals surface area contributed by atoms with Crippen molar-refractivity contribution < 1.29 is 14.7 Å². The molecule has 0 aromatic carbocycles. The fraction of sp³-hybridized carbons (Fsp3) is 0.500. The minimum atomic E-state index is -0.711. The molecule has 1 heterocycles. The molecule has 1 aliphatic rings. The maximum Gasteiger partial charge on any atom is 0.434 e. The third kappa shape index (κ3) is 0.863.